The molecule has 0 bridgehead atoms. The minimum absolute atomic E-state index is 0.185. The van der Waals surface area contributed by atoms with Crippen LogP contribution >= 0.6 is 0 Å². The van der Waals surface area contributed by atoms with E-state index in [1.165, 1.54) is 16.4 Å². The topological polar surface area (TPSA) is 57.2 Å². The SMILES string of the molecule is C=C[C@]1(O)CC[C@H](OC)[C@@H]([C@@H](CO[Si](c2ccccc2)(c2ccccc2)C(C)(C)C)OCc2ccccc2)O1. The van der Waals surface area contributed by atoms with Crippen molar-refractivity contribution in [2.24, 2.45) is 0 Å². The van der Waals surface area contributed by atoms with E-state index < -0.39 is 26.3 Å². The van der Waals surface area contributed by atoms with E-state index >= 15 is 0 Å². The molecule has 1 fully saturated rings. The minimum atomic E-state index is -2.82. The first-order valence-electron chi connectivity index (χ1n) is 13.7. The quantitative estimate of drug-likeness (QED) is 0.264. The van der Waals surface area contributed by atoms with Gasteiger partial charge in [-0.3, -0.25) is 0 Å². The van der Waals surface area contributed by atoms with Gasteiger partial charge in [0.1, 0.15) is 12.2 Å². The fourth-order valence-electron chi connectivity index (χ4n) is 5.59. The predicted octanol–water partition coefficient (Wildman–Crippen LogP) is 5.22. The molecule has 0 unspecified atom stereocenters. The van der Waals surface area contributed by atoms with Gasteiger partial charge in [0.05, 0.1) is 19.3 Å². The van der Waals surface area contributed by atoms with E-state index in [1.807, 2.05) is 42.5 Å². The molecule has 4 rings (SSSR count). The van der Waals surface area contributed by atoms with Crippen LogP contribution in [0.15, 0.2) is 104 Å². The van der Waals surface area contributed by atoms with Crippen molar-refractivity contribution in [1.82, 2.24) is 0 Å². The maximum Gasteiger partial charge on any atom is 0.261 e. The first kappa shape index (κ1) is 29.4. The van der Waals surface area contributed by atoms with Gasteiger partial charge >= 0.3 is 0 Å². The molecule has 6 heteroatoms. The van der Waals surface area contributed by atoms with Crippen molar-refractivity contribution in [2.75, 3.05) is 13.7 Å². The summed E-state index contributed by atoms with van der Waals surface area (Å²) in [7, 11) is -1.14. The van der Waals surface area contributed by atoms with E-state index in [0.29, 0.717) is 19.4 Å². The lowest BCUT2D eigenvalue weighted by atomic mass is 9.95. The normalized spacial score (nSPS) is 22.8. The van der Waals surface area contributed by atoms with Crippen LogP contribution in [0.25, 0.3) is 0 Å². The molecule has 0 amide bonds. The molecule has 1 heterocycles. The molecule has 0 aliphatic carbocycles. The Kier molecular flexibility index (Phi) is 9.59. The van der Waals surface area contributed by atoms with Crippen molar-refractivity contribution in [3.63, 3.8) is 0 Å². The predicted molar refractivity (Wildman–Crippen MR) is 159 cm³/mol. The summed E-state index contributed by atoms with van der Waals surface area (Å²) in [4.78, 5) is 0. The zero-order valence-electron chi connectivity index (χ0n) is 23.6. The number of aliphatic hydroxyl groups is 1. The molecule has 1 aliphatic heterocycles. The Morgan fingerprint density at radius 2 is 1.51 bits per heavy atom. The number of benzene rings is 3. The number of hydrogen-bond donors (Lipinski definition) is 1. The molecule has 1 N–H and O–H groups in total. The molecule has 208 valence electrons. The van der Waals surface area contributed by atoms with Crippen molar-refractivity contribution < 1.29 is 23.7 Å². The highest BCUT2D eigenvalue weighted by Crippen LogP contribution is 2.38. The van der Waals surface area contributed by atoms with Gasteiger partial charge in [0.15, 0.2) is 5.79 Å². The molecular weight excluding hydrogens is 504 g/mol. The van der Waals surface area contributed by atoms with E-state index in [9.17, 15) is 5.11 Å². The largest absolute Gasteiger partial charge is 0.405 e. The van der Waals surface area contributed by atoms with E-state index in [1.54, 1.807) is 7.11 Å². The van der Waals surface area contributed by atoms with Crippen LogP contribution in [-0.2, 0) is 25.2 Å². The molecule has 1 aliphatic rings. The van der Waals surface area contributed by atoms with Crippen molar-refractivity contribution in [1.29, 1.82) is 0 Å². The number of ether oxygens (including phenoxy) is 3. The Hall–Kier alpha value is -2.58. The Balaban J connectivity index is 1.73. The first-order valence-corrected chi connectivity index (χ1v) is 15.6. The van der Waals surface area contributed by atoms with Gasteiger partial charge in [0, 0.05) is 13.5 Å². The third-order valence-electron chi connectivity index (χ3n) is 7.67. The minimum Gasteiger partial charge on any atom is -0.405 e. The van der Waals surface area contributed by atoms with Crippen molar-refractivity contribution in [3.8, 4) is 0 Å². The van der Waals surface area contributed by atoms with Gasteiger partial charge in [-0.15, -0.1) is 0 Å². The highest BCUT2D eigenvalue weighted by Gasteiger charge is 2.51. The van der Waals surface area contributed by atoms with Crippen molar-refractivity contribution >= 4 is 18.7 Å². The van der Waals surface area contributed by atoms with E-state index in [2.05, 4.69) is 75.9 Å². The summed E-state index contributed by atoms with van der Waals surface area (Å²) in [6, 6.07) is 31.2. The van der Waals surface area contributed by atoms with Crippen LogP contribution in [0.1, 0.15) is 39.2 Å². The first-order chi connectivity index (χ1) is 18.7. The zero-order valence-corrected chi connectivity index (χ0v) is 24.6. The third kappa shape index (κ3) is 6.60. The van der Waals surface area contributed by atoms with Gasteiger partial charge in [-0.25, -0.2) is 0 Å². The van der Waals surface area contributed by atoms with Crippen LogP contribution in [0.4, 0.5) is 0 Å². The van der Waals surface area contributed by atoms with Gasteiger partial charge in [-0.05, 0) is 33.5 Å². The molecule has 4 atom stereocenters. The van der Waals surface area contributed by atoms with E-state index in [4.69, 9.17) is 18.6 Å². The lowest BCUT2D eigenvalue weighted by molar-refractivity contribution is -0.279. The van der Waals surface area contributed by atoms with Crippen LogP contribution in [0.2, 0.25) is 5.04 Å². The van der Waals surface area contributed by atoms with Gasteiger partial charge in [0.2, 0.25) is 0 Å². The summed E-state index contributed by atoms with van der Waals surface area (Å²) in [6.45, 7) is 11.2. The fourth-order valence-corrected chi connectivity index (χ4v) is 10.2. The summed E-state index contributed by atoms with van der Waals surface area (Å²) in [5.41, 5.74) is 1.05. The molecule has 39 heavy (non-hydrogen) atoms. The Labute approximate surface area is 234 Å². The van der Waals surface area contributed by atoms with Crippen LogP contribution in [-0.4, -0.2) is 51.2 Å². The second-order valence-electron chi connectivity index (χ2n) is 11.3. The summed E-state index contributed by atoms with van der Waals surface area (Å²) >= 11 is 0. The maximum atomic E-state index is 11.0. The Morgan fingerprint density at radius 1 is 0.974 bits per heavy atom. The standard InChI is InChI=1S/C33H42O5Si/c1-6-33(34)23-22-29(35-5)31(38-33)30(36-24-26-16-10-7-11-17-26)25-37-39(32(2,3)4,27-18-12-8-13-19-27)28-20-14-9-15-21-28/h6-21,29-31,34H,1,22-25H2,2-5H3/t29-,30+,31-,33+/m0/s1. The van der Waals surface area contributed by atoms with Crippen LogP contribution < -0.4 is 10.4 Å². The van der Waals surface area contributed by atoms with Crippen molar-refractivity contribution in [2.45, 2.75) is 69.4 Å². The van der Waals surface area contributed by atoms with Gasteiger partial charge in [0.25, 0.3) is 8.32 Å². The average Bonchev–Trinajstić information content (AvgIpc) is 2.96. The van der Waals surface area contributed by atoms with Crippen molar-refractivity contribution in [3.05, 3.63) is 109 Å². The van der Waals surface area contributed by atoms with Crippen LogP contribution in [0.3, 0.4) is 0 Å². The van der Waals surface area contributed by atoms with E-state index in [-0.39, 0.29) is 17.7 Å². The van der Waals surface area contributed by atoms with Crippen LogP contribution in [0.5, 0.6) is 0 Å². The van der Waals surface area contributed by atoms with E-state index in [0.717, 1.165) is 5.56 Å². The molecule has 5 nitrogen and oxygen atoms in total. The molecule has 3 aromatic carbocycles. The van der Waals surface area contributed by atoms with Crippen LogP contribution in [0, 0.1) is 0 Å². The monoisotopic (exact) mass is 546 g/mol. The van der Waals surface area contributed by atoms with Gasteiger partial charge in [-0.1, -0.05) is 118 Å². The fraction of sp³-hybridized carbons (Fsp3) is 0.394. The third-order valence-corrected chi connectivity index (χ3v) is 12.7. The highest BCUT2D eigenvalue weighted by molar-refractivity contribution is 6.99. The lowest BCUT2D eigenvalue weighted by Gasteiger charge is -2.46. The Bertz CT molecular complexity index is 1130. The van der Waals surface area contributed by atoms with Gasteiger partial charge in [-0.2, -0.15) is 0 Å². The second-order valence-corrected chi connectivity index (χ2v) is 15.6. The molecule has 3 aromatic rings. The number of rotatable bonds is 11. The smallest absolute Gasteiger partial charge is 0.261 e. The number of methoxy groups -OCH3 is 1. The molecule has 0 saturated carbocycles. The average molecular weight is 547 g/mol. The highest BCUT2D eigenvalue weighted by atomic mass is 28.4. The number of hydrogen-bond acceptors (Lipinski definition) is 5. The summed E-state index contributed by atoms with van der Waals surface area (Å²) in [6.07, 6.45) is 1.19. The molecule has 0 spiro atoms. The summed E-state index contributed by atoms with van der Waals surface area (Å²) < 4.78 is 25.9. The zero-order chi connectivity index (χ0) is 27.9. The molecular formula is C33H42O5Si. The summed E-state index contributed by atoms with van der Waals surface area (Å²) in [5.74, 6) is -1.44. The molecule has 0 aromatic heterocycles. The lowest BCUT2D eigenvalue weighted by Crippen LogP contribution is -2.67. The Morgan fingerprint density at radius 3 is 2.00 bits per heavy atom. The second kappa shape index (κ2) is 12.7. The summed E-state index contributed by atoms with van der Waals surface area (Å²) in [5, 5.41) is 13.2. The molecule has 0 radical (unpaired) electrons. The maximum absolute atomic E-state index is 11.0. The van der Waals surface area contributed by atoms with Gasteiger partial charge < -0.3 is 23.7 Å². The molecule has 1 saturated heterocycles.